The van der Waals surface area contributed by atoms with Crippen LogP contribution in [0.5, 0.6) is 11.5 Å². The Morgan fingerprint density at radius 3 is 2.41 bits per heavy atom. The van der Waals surface area contributed by atoms with Crippen molar-refractivity contribution < 1.29 is 9.84 Å². The van der Waals surface area contributed by atoms with Crippen molar-refractivity contribution in [3.8, 4) is 11.5 Å². The van der Waals surface area contributed by atoms with Gasteiger partial charge in [-0.25, -0.2) is 0 Å². The topological polar surface area (TPSA) is 32.7 Å². The largest absolute Gasteiger partial charge is 0.508 e. The molecule has 1 aliphatic heterocycles. The Balaban J connectivity index is 2.19. The van der Waals surface area contributed by atoms with Crippen molar-refractivity contribution in [2.45, 2.75) is 59.4 Å². The van der Waals surface area contributed by atoms with Gasteiger partial charge in [-0.3, -0.25) is 0 Å². The van der Waals surface area contributed by atoms with E-state index in [9.17, 15) is 5.11 Å². The molecular formula is C24H31NO2. The van der Waals surface area contributed by atoms with E-state index < -0.39 is 0 Å². The van der Waals surface area contributed by atoms with E-state index in [1.807, 2.05) is 25.1 Å². The van der Waals surface area contributed by atoms with Gasteiger partial charge in [-0.15, -0.1) is 0 Å². The zero-order valence-electron chi connectivity index (χ0n) is 17.6. The molecule has 0 amide bonds. The van der Waals surface area contributed by atoms with Crippen molar-refractivity contribution in [3.05, 3.63) is 53.6 Å². The van der Waals surface area contributed by atoms with Gasteiger partial charge in [0.1, 0.15) is 11.5 Å². The second-order valence-corrected chi connectivity index (χ2v) is 8.88. The molecule has 0 aliphatic carbocycles. The standard InChI is InChI=1S/C24H31NO2/c1-8-27-18-10-11-21-19(14-18)16(2)15-24(6,7)25(21)17-9-12-22(26)20(13-17)23(3,4)5/h9-15,26H,8H2,1-7H3. The van der Waals surface area contributed by atoms with E-state index in [2.05, 4.69) is 70.7 Å². The van der Waals surface area contributed by atoms with Crippen molar-refractivity contribution in [2.75, 3.05) is 11.5 Å². The number of aromatic hydroxyl groups is 1. The average molecular weight is 366 g/mol. The Bertz CT molecular complexity index is 888. The van der Waals surface area contributed by atoms with Crippen LogP contribution in [0.3, 0.4) is 0 Å². The number of hydrogen-bond donors (Lipinski definition) is 1. The van der Waals surface area contributed by atoms with Gasteiger partial charge in [0, 0.05) is 22.5 Å². The SMILES string of the molecule is CCOc1ccc2c(c1)C(C)=CC(C)(C)N2c1ccc(O)c(C(C)(C)C)c1. The molecular weight excluding hydrogens is 334 g/mol. The van der Waals surface area contributed by atoms with Crippen LogP contribution in [0.25, 0.3) is 5.57 Å². The van der Waals surface area contributed by atoms with Crippen LogP contribution in [0.4, 0.5) is 11.4 Å². The summed E-state index contributed by atoms with van der Waals surface area (Å²) < 4.78 is 5.71. The Hall–Kier alpha value is -2.42. The van der Waals surface area contributed by atoms with E-state index in [0.717, 1.165) is 22.7 Å². The summed E-state index contributed by atoms with van der Waals surface area (Å²) in [4.78, 5) is 2.35. The molecule has 1 N–H and O–H groups in total. The van der Waals surface area contributed by atoms with Gasteiger partial charge in [-0.1, -0.05) is 26.8 Å². The molecule has 0 saturated heterocycles. The van der Waals surface area contributed by atoms with E-state index in [0.29, 0.717) is 12.4 Å². The van der Waals surface area contributed by atoms with Crippen LogP contribution in [0.15, 0.2) is 42.5 Å². The summed E-state index contributed by atoms with van der Waals surface area (Å²) in [7, 11) is 0. The highest BCUT2D eigenvalue weighted by atomic mass is 16.5. The first-order chi connectivity index (χ1) is 12.5. The third-order valence-corrected chi connectivity index (χ3v) is 5.14. The lowest BCUT2D eigenvalue weighted by Gasteiger charge is -2.43. The molecule has 3 heteroatoms. The van der Waals surface area contributed by atoms with Crippen molar-refractivity contribution in [1.29, 1.82) is 0 Å². The quantitative estimate of drug-likeness (QED) is 0.681. The molecule has 3 nitrogen and oxygen atoms in total. The molecule has 3 rings (SSSR count). The van der Waals surface area contributed by atoms with E-state index in [4.69, 9.17) is 4.74 Å². The number of allylic oxidation sites excluding steroid dienone is 1. The predicted octanol–water partition coefficient (Wildman–Crippen LogP) is 6.42. The van der Waals surface area contributed by atoms with Crippen LogP contribution < -0.4 is 9.64 Å². The third-order valence-electron chi connectivity index (χ3n) is 5.14. The first kappa shape index (κ1) is 19.3. The number of nitrogens with zero attached hydrogens (tertiary/aromatic N) is 1. The Morgan fingerprint density at radius 2 is 1.78 bits per heavy atom. The van der Waals surface area contributed by atoms with Gasteiger partial charge in [0.05, 0.1) is 12.1 Å². The number of ether oxygens (including phenoxy) is 1. The molecule has 0 radical (unpaired) electrons. The second kappa shape index (κ2) is 6.63. The van der Waals surface area contributed by atoms with Crippen molar-refractivity contribution in [1.82, 2.24) is 0 Å². The number of phenolic OH excluding ortho intramolecular Hbond substituents is 1. The molecule has 2 aromatic rings. The summed E-state index contributed by atoms with van der Waals surface area (Å²) in [5.74, 6) is 1.24. The molecule has 1 aliphatic rings. The van der Waals surface area contributed by atoms with Crippen LogP contribution in [-0.2, 0) is 5.41 Å². The highest BCUT2D eigenvalue weighted by Crippen LogP contribution is 2.46. The molecule has 1 heterocycles. The molecule has 0 atom stereocenters. The highest BCUT2D eigenvalue weighted by Gasteiger charge is 2.33. The Morgan fingerprint density at radius 1 is 1.07 bits per heavy atom. The number of hydrogen-bond acceptors (Lipinski definition) is 3. The Labute approximate surface area is 163 Å². The first-order valence-electron chi connectivity index (χ1n) is 9.65. The van der Waals surface area contributed by atoms with Gasteiger partial charge >= 0.3 is 0 Å². The molecule has 27 heavy (non-hydrogen) atoms. The van der Waals surface area contributed by atoms with Crippen LogP contribution in [-0.4, -0.2) is 17.3 Å². The predicted molar refractivity (Wildman–Crippen MR) is 114 cm³/mol. The van der Waals surface area contributed by atoms with Crippen molar-refractivity contribution in [3.63, 3.8) is 0 Å². The maximum absolute atomic E-state index is 10.4. The van der Waals surface area contributed by atoms with Crippen LogP contribution in [0.2, 0.25) is 0 Å². The van der Waals surface area contributed by atoms with Gasteiger partial charge in [-0.05, 0) is 75.1 Å². The average Bonchev–Trinajstić information content (AvgIpc) is 2.55. The zero-order chi connectivity index (χ0) is 20.0. The first-order valence-corrected chi connectivity index (χ1v) is 9.65. The molecule has 144 valence electrons. The fourth-order valence-corrected chi connectivity index (χ4v) is 4.00. The van der Waals surface area contributed by atoms with E-state index in [1.165, 1.54) is 11.1 Å². The van der Waals surface area contributed by atoms with Crippen LogP contribution in [0, 0.1) is 0 Å². The number of benzene rings is 2. The fourth-order valence-electron chi connectivity index (χ4n) is 4.00. The summed E-state index contributed by atoms with van der Waals surface area (Å²) in [5.41, 5.74) is 5.32. The monoisotopic (exact) mass is 365 g/mol. The van der Waals surface area contributed by atoms with Crippen molar-refractivity contribution >= 4 is 16.9 Å². The summed E-state index contributed by atoms with van der Waals surface area (Å²) in [6.07, 6.45) is 2.30. The number of phenols is 1. The Kier molecular flexibility index (Phi) is 4.75. The summed E-state index contributed by atoms with van der Waals surface area (Å²) >= 11 is 0. The van der Waals surface area contributed by atoms with Crippen molar-refractivity contribution in [2.24, 2.45) is 0 Å². The lowest BCUT2D eigenvalue weighted by Crippen LogP contribution is -2.41. The third kappa shape index (κ3) is 3.55. The molecule has 0 spiro atoms. The summed E-state index contributed by atoms with van der Waals surface area (Å²) in [6, 6.07) is 12.2. The van der Waals surface area contributed by atoms with Crippen LogP contribution in [0.1, 0.15) is 59.6 Å². The molecule has 2 aromatic carbocycles. The molecule has 0 aromatic heterocycles. The number of anilines is 2. The minimum absolute atomic E-state index is 0.132. The fraction of sp³-hybridized carbons (Fsp3) is 0.417. The molecule has 0 saturated carbocycles. The minimum Gasteiger partial charge on any atom is -0.508 e. The lowest BCUT2D eigenvalue weighted by atomic mass is 9.84. The van der Waals surface area contributed by atoms with E-state index in [-0.39, 0.29) is 11.0 Å². The van der Waals surface area contributed by atoms with Gasteiger partial charge in [0.2, 0.25) is 0 Å². The van der Waals surface area contributed by atoms with E-state index in [1.54, 1.807) is 0 Å². The minimum atomic E-state index is -0.184. The van der Waals surface area contributed by atoms with Gasteiger partial charge in [-0.2, -0.15) is 0 Å². The zero-order valence-corrected chi connectivity index (χ0v) is 17.6. The van der Waals surface area contributed by atoms with Crippen LogP contribution >= 0.6 is 0 Å². The van der Waals surface area contributed by atoms with Gasteiger partial charge in [0.15, 0.2) is 0 Å². The summed E-state index contributed by atoms with van der Waals surface area (Å²) in [5, 5.41) is 10.4. The number of rotatable bonds is 3. The normalized spacial score (nSPS) is 16.0. The van der Waals surface area contributed by atoms with E-state index >= 15 is 0 Å². The molecule has 0 unspecified atom stereocenters. The summed E-state index contributed by atoms with van der Waals surface area (Å²) in [6.45, 7) is 15.6. The van der Waals surface area contributed by atoms with Gasteiger partial charge in [0.25, 0.3) is 0 Å². The maximum Gasteiger partial charge on any atom is 0.120 e. The lowest BCUT2D eigenvalue weighted by molar-refractivity contribution is 0.340. The maximum atomic E-state index is 10.4. The molecule has 0 fully saturated rings. The van der Waals surface area contributed by atoms with Gasteiger partial charge < -0.3 is 14.7 Å². The molecule has 0 bridgehead atoms. The number of fused-ring (bicyclic) bond motifs is 1. The smallest absolute Gasteiger partial charge is 0.120 e. The highest BCUT2D eigenvalue weighted by molar-refractivity contribution is 5.86. The second-order valence-electron chi connectivity index (χ2n) is 8.88.